The fourth-order valence-corrected chi connectivity index (χ4v) is 8.25. The van der Waals surface area contributed by atoms with Crippen LogP contribution in [0.5, 0.6) is 0 Å². The van der Waals surface area contributed by atoms with Gasteiger partial charge in [0, 0.05) is 17.8 Å². The van der Waals surface area contributed by atoms with Crippen LogP contribution in [0.4, 0.5) is 0 Å². The van der Waals surface area contributed by atoms with E-state index in [1.54, 1.807) is 6.92 Å². The molecule has 0 amide bonds. The second kappa shape index (κ2) is 6.89. The van der Waals surface area contributed by atoms with Gasteiger partial charge in [-0.15, -0.1) is 0 Å². The molecule has 0 N–H and O–H groups in total. The Morgan fingerprint density at radius 3 is 2.48 bits per heavy atom. The first-order chi connectivity index (χ1) is 14.6. The van der Waals surface area contributed by atoms with Crippen molar-refractivity contribution >= 4 is 17.5 Å². The highest BCUT2D eigenvalue weighted by atomic mass is 16.6. The van der Waals surface area contributed by atoms with Gasteiger partial charge in [0.25, 0.3) is 0 Å². The van der Waals surface area contributed by atoms with Crippen molar-refractivity contribution in [3.8, 4) is 0 Å². The zero-order valence-electron chi connectivity index (χ0n) is 19.4. The third-order valence-corrected chi connectivity index (χ3v) is 10.3. The van der Waals surface area contributed by atoms with E-state index in [-0.39, 0.29) is 40.2 Å². The molecule has 5 aliphatic carbocycles. The van der Waals surface area contributed by atoms with E-state index in [4.69, 9.17) is 4.74 Å². The van der Waals surface area contributed by atoms with Gasteiger partial charge in [0.15, 0.2) is 17.2 Å². The summed E-state index contributed by atoms with van der Waals surface area (Å²) in [6.07, 6.45) is 13.6. The number of hydrogen-bond acceptors (Lipinski definition) is 4. The number of rotatable bonds is 3. The normalized spacial score (nSPS) is 46.3. The van der Waals surface area contributed by atoms with Crippen LogP contribution in [0.15, 0.2) is 23.8 Å². The lowest BCUT2D eigenvalue weighted by atomic mass is 9.48. The third kappa shape index (κ3) is 2.69. The minimum absolute atomic E-state index is 0.0194. The zero-order chi connectivity index (χ0) is 22.2. The molecule has 0 aromatic heterocycles. The van der Waals surface area contributed by atoms with Crippen molar-refractivity contribution in [3.05, 3.63) is 23.8 Å². The topological polar surface area (TPSA) is 60.4 Å². The standard InChI is InChI=1S/C27H36O4/c1-16-14-23-21-9-8-19-15-20(29)10-12-25(19,3)22(21)11-13-26(23,4)27(16,17(2)28)31-24(30)18-6-5-7-18/h8-9,15-16,18,21-23H,5-7,10-14H2,1-4H3/t16-,21+,22-,23-,25-,26-,27-/m0/s1. The molecule has 4 heteroatoms. The van der Waals surface area contributed by atoms with Crippen molar-refractivity contribution < 1.29 is 19.1 Å². The summed E-state index contributed by atoms with van der Waals surface area (Å²) < 4.78 is 6.31. The van der Waals surface area contributed by atoms with Gasteiger partial charge in [-0.1, -0.05) is 39.3 Å². The average molecular weight is 425 g/mol. The molecule has 0 aromatic carbocycles. The Hall–Kier alpha value is -1.71. The summed E-state index contributed by atoms with van der Waals surface area (Å²) >= 11 is 0. The predicted octanol–water partition coefficient (Wildman–Crippen LogP) is 5.21. The summed E-state index contributed by atoms with van der Waals surface area (Å²) in [4.78, 5) is 38.3. The number of ether oxygens (including phenoxy) is 1. The van der Waals surface area contributed by atoms with Crippen molar-refractivity contribution in [1.29, 1.82) is 0 Å². The van der Waals surface area contributed by atoms with Gasteiger partial charge >= 0.3 is 5.97 Å². The molecule has 3 fully saturated rings. The van der Waals surface area contributed by atoms with Crippen molar-refractivity contribution in [2.24, 2.45) is 40.4 Å². The van der Waals surface area contributed by atoms with Gasteiger partial charge in [0.05, 0.1) is 5.92 Å². The SMILES string of the molecule is CC(=O)[C@@]1(OC(=O)C2CCC2)[C@@H](C)C[C@H]2[C@@H]3C=CC4=CC(=O)CC[C@]4(C)[C@H]3CC[C@@]21C. The molecule has 168 valence electrons. The summed E-state index contributed by atoms with van der Waals surface area (Å²) in [7, 11) is 0. The van der Waals surface area contributed by atoms with Crippen LogP contribution in [0.25, 0.3) is 0 Å². The Bertz CT molecular complexity index is 895. The maximum absolute atomic E-state index is 13.2. The summed E-state index contributed by atoms with van der Waals surface area (Å²) in [6, 6.07) is 0. The van der Waals surface area contributed by atoms with Crippen LogP contribution in [0.3, 0.4) is 0 Å². The molecule has 0 bridgehead atoms. The van der Waals surface area contributed by atoms with E-state index in [0.717, 1.165) is 44.9 Å². The fraction of sp³-hybridized carbons (Fsp3) is 0.741. The molecule has 0 heterocycles. The number of carbonyl (C=O) groups excluding carboxylic acids is 3. The second-order valence-corrected chi connectivity index (χ2v) is 11.6. The van der Waals surface area contributed by atoms with Gasteiger partial charge in [-0.05, 0) is 80.3 Å². The first kappa shape index (κ1) is 21.2. The molecule has 7 atom stereocenters. The van der Waals surface area contributed by atoms with Crippen molar-refractivity contribution in [3.63, 3.8) is 0 Å². The van der Waals surface area contributed by atoms with Gasteiger partial charge in [0.1, 0.15) is 0 Å². The fourth-order valence-electron chi connectivity index (χ4n) is 8.25. The molecule has 31 heavy (non-hydrogen) atoms. The second-order valence-electron chi connectivity index (χ2n) is 11.6. The van der Waals surface area contributed by atoms with E-state index in [1.165, 1.54) is 5.57 Å². The molecule has 4 nitrogen and oxygen atoms in total. The summed E-state index contributed by atoms with van der Waals surface area (Å²) in [5.74, 6) is 1.26. The lowest BCUT2D eigenvalue weighted by molar-refractivity contribution is -0.197. The molecule has 0 aromatic rings. The highest BCUT2D eigenvalue weighted by molar-refractivity contribution is 5.92. The van der Waals surface area contributed by atoms with Gasteiger partial charge in [0.2, 0.25) is 0 Å². The number of allylic oxidation sites excluding steroid dienone is 4. The van der Waals surface area contributed by atoms with Crippen molar-refractivity contribution in [1.82, 2.24) is 0 Å². The number of hydrogen-bond donors (Lipinski definition) is 0. The van der Waals surface area contributed by atoms with E-state index in [0.29, 0.717) is 24.2 Å². The Morgan fingerprint density at radius 2 is 1.84 bits per heavy atom. The largest absolute Gasteiger partial charge is 0.450 e. The smallest absolute Gasteiger partial charge is 0.309 e. The first-order valence-electron chi connectivity index (χ1n) is 12.3. The maximum atomic E-state index is 13.2. The average Bonchev–Trinajstić information content (AvgIpc) is 2.89. The number of fused-ring (bicyclic) bond motifs is 5. The molecule has 5 aliphatic rings. The zero-order valence-corrected chi connectivity index (χ0v) is 19.4. The first-order valence-corrected chi connectivity index (χ1v) is 12.3. The molecule has 0 radical (unpaired) electrons. The summed E-state index contributed by atoms with van der Waals surface area (Å²) in [5.41, 5.74) is -0.135. The Kier molecular flexibility index (Phi) is 4.70. The molecule has 5 rings (SSSR count). The van der Waals surface area contributed by atoms with E-state index in [2.05, 4.69) is 32.9 Å². The van der Waals surface area contributed by atoms with Gasteiger partial charge < -0.3 is 4.74 Å². The van der Waals surface area contributed by atoms with Gasteiger partial charge in [-0.25, -0.2) is 0 Å². The van der Waals surface area contributed by atoms with Crippen LogP contribution in [0.2, 0.25) is 0 Å². The molecule has 0 aliphatic heterocycles. The molecular formula is C27H36O4. The Balaban J connectivity index is 1.53. The van der Waals surface area contributed by atoms with E-state index < -0.39 is 5.60 Å². The minimum Gasteiger partial charge on any atom is -0.450 e. The quantitative estimate of drug-likeness (QED) is 0.584. The maximum Gasteiger partial charge on any atom is 0.309 e. The number of Topliss-reactive ketones (excluding diaryl/α,β-unsaturated/α-hetero) is 1. The van der Waals surface area contributed by atoms with Gasteiger partial charge in [-0.3, -0.25) is 14.4 Å². The van der Waals surface area contributed by atoms with E-state index in [9.17, 15) is 14.4 Å². The number of esters is 1. The van der Waals surface area contributed by atoms with Crippen LogP contribution >= 0.6 is 0 Å². The molecule has 0 spiro atoms. The lowest BCUT2D eigenvalue weighted by Crippen LogP contribution is -2.60. The van der Waals surface area contributed by atoms with Crippen LogP contribution in [-0.4, -0.2) is 23.1 Å². The molecule has 0 saturated heterocycles. The Labute approximate surface area is 185 Å². The van der Waals surface area contributed by atoms with E-state index in [1.807, 2.05) is 6.08 Å². The summed E-state index contributed by atoms with van der Waals surface area (Å²) in [6.45, 7) is 8.31. The minimum atomic E-state index is -1.01. The molecular weight excluding hydrogens is 388 g/mol. The van der Waals surface area contributed by atoms with Crippen molar-refractivity contribution in [2.75, 3.05) is 0 Å². The van der Waals surface area contributed by atoms with Crippen LogP contribution < -0.4 is 0 Å². The monoisotopic (exact) mass is 424 g/mol. The predicted molar refractivity (Wildman–Crippen MR) is 118 cm³/mol. The van der Waals surface area contributed by atoms with Crippen LogP contribution in [-0.2, 0) is 19.1 Å². The van der Waals surface area contributed by atoms with Gasteiger partial charge in [-0.2, -0.15) is 0 Å². The highest BCUT2D eigenvalue weighted by Gasteiger charge is 2.70. The lowest BCUT2D eigenvalue weighted by Gasteiger charge is -2.57. The number of carbonyl (C=O) groups is 3. The van der Waals surface area contributed by atoms with Crippen LogP contribution in [0, 0.1) is 40.4 Å². The number of ketones is 2. The van der Waals surface area contributed by atoms with Crippen LogP contribution in [0.1, 0.15) is 79.1 Å². The van der Waals surface area contributed by atoms with E-state index >= 15 is 0 Å². The van der Waals surface area contributed by atoms with Crippen molar-refractivity contribution in [2.45, 2.75) is 84.7 Å². The Morgan fingerprint density at radius 1 is 1.10 bits per heavy atom. The summed E-state index contributed by atoms with van der Waals surface area (Å²) in [5, 5.41) is 0. The molecule has 3 saturated carbocycles. The highest BCUT2D eigenvalue weighted by Crippen LogP contribution is 2.68. The molecule has 0 unspecified atom stereocenters. The third-order valence-electron chi connectivity index (χ3n) is 10.3.